The van der Waals surface area contributed by atoms with Crippen molar-refractivity contribution in [1.82, 2.24) is 15.1 Å². The van der Waals surface area contributed by atoms with Gasteiger partial charge < -0.3 is 29.3 Å². The number of amides is 3. The molecule has 3 amide bonds. The predicted molar refractivity (Wildman–Crippen MR) is 227 cm³/mol. The fraction of sp³-hybridized carbons (Fsp3) is 0.460. The van der Waals surface area contributed by atoms with E-state index in [1.807, 2.05) is 18.2 Å². The van der Waals surface area contributed by atoms with E-state index in [1.54, 1.807) is 4.90 Å². The number of carbonyl (C=O) groups is 3. The summed E-state index contributed by atoms with van der Waals surface area (Å²) in [7, 11) is 0. The van der Waals surface area contributed by atoms with E-state index in [0.29, 0.717) is 42.7 Å². The lowest BCUT2D eigenvalue weighted by molar-refractivity contribution is -0.136. The molecule has 10 nitrogen and oxygen atoms in total. The van der Waals surface area contributed by atoms with E-state index >= 15 is 0 Å². The fourth-order valence-corrected chi connectivity index (χ4v) is 12.1. The minimum atomic E-state index is -0.613. The molecule has 11 rings (SSSR count). The van der Waals surface area contributed by atoms with Crippen LogP contribution in [-0.2, 0) is 32.7 Å². The molecule has 0 aromatic heterocycles. The number of piperidine rings is 3. The van der Waals surface area contributed by atoms with Gasteiger partial charge in [-0.3, -0.25) is 19.7 Å². The van der Waals surface area contributed by atoms with Crippen LogP contribution in [0.1, 0.15) is 107 Å². The van der Waals surface area contributed by atoms with Crippen molar-refractivity contribution in [2.24, 2.45) is 5.92 Å². The highest BCUT2D eigenvalue weighted by atomic mass is 16.5. The zero-order valence-corrected chi connectivity index (χ0v) is 34.2. The molecule has 4 saturated heterocycles. The molecular weight excluding hydrogens is 753 g/mol. The quantitative estimate of drug-likeness (QED) is 0.205. The second kappa shape index (κ2) is 14.8. The number of nitrogens with zero attached hydrogens (tertiary/aromatic N) is 3. The summed E-state index contributed by atoms with van der Waals surface area (Å²) < 4.78 is 13.0. The first-order chi connectivity index (χ1) is 29.2. The summed E-state index contributed by atoms with van der Waals surface area (Å²) >= 11 is 0. The van der Waals surface area contributed by atoms with Crippen molar-refractivity contribution in [3.8, 4) is 11.5 Å². The number of phenolic OH excluding ortho intramolecular Hbond substituents is 1. The standard InChI is InChI=1S/C50H54N4O6/c55-38-11-13-40-35(24-38)8-12-39(33-4-2-1-3-5-33)46(40)34-6-9-37(10-7-34)53-22-18-50(19-23-53)27-32(30-60-50)28-52-20-16-49(17-21-52)31-59-44-26-41-36(25-42(44)49)29-54(48(41)58)43-14-15-45(56)51-47(43)57/h1-7,9-11,13,24-26,32,39,43,46,55H,8,12,14-23,27-31H2,(H,51,56,57)/t32?,39-,43+,46+/m1/s1. The number of likely N-dealkylation sites (tertiary alicyclic amines) is 1. The molecule has 7 aliphatic rings. The minimum Gasteiger partial charge on any atom is -0.508 e. The number of carbonyl (C=O) groups excluding carboxylic acids is 3. The van der Waals surface area contributed by atoms with Gasteiger partial charge in [0.2, 0.25) is 11.8 Å². The van der Waals surface area contributed by atoms with Crippen molar-refractivity contribution in [1.29, 1.82) is 0 Å². The van der Waals surface area contributed by atoms with Crippen LogP contribution in [0.15, 0.2) is 84.9 Å². The Kier molecular flexibility index (Phi) is 9.30. The Hall–Kier alpha value is -5.19. The summed E-state index contributed by atoms with van der Waals surface area (Å²) in [6, 6.07) is 29.7. The Morgan fingerprint density at radius 1 is 0.800 bits per heavy atom. The van der Waals surface area contributed by atoms with Crippen LogP contribution in [0, 0.1) is 5.92 Å². The molecule has 4 aromatic rings. The van der Waals surface area contributed by atoms with Crippen molar-refractivity contribution < 1.29 is 29.0 Å². The Labute approximate surface area is 351 Å². The number of hydrogen-bond donors (Lipinski definition) is 2. The lowest BCUT2D eigenvalue weighted by Gasteiger charge is -2.41. The van der Waals surface area contributed by atoms with Crippen LogP contribution in [0.2, 0.25) is 0 Å². The summed E-state index contributed by atoms with van der Waals surface area (Å²) in [5.41, 5.74) is 9.28. The van der Waals surface area contributed by atoms with Gasteiger partial charge >= 0.3 is 0 Å². The van der Waals surface area contributed by atoms with Gasteiger partial charge in [0, 0.05) is 60.7 Å². The van der Waals surface area contributed by atoms with Gasteiger partial charge in [0.15, 0.2) is 0 Å². The van der Waals surface area contributed by atoms with Gasteiger partial charge in [-0.1, -0.05) is 48.5 Å². The van der Waals surface area contributed by atoms with Gasteiger partial charge in [-0.15, -0.1) is 0 Å². The third kappa shape index (κ3) is 6.58. The van der Waals surface area contributed by atoms with Crippen molar-refractivity contribution >= 4 is 23.4 Å². The molecule has 10 heteroatoms. The molecule has 4 aromatic carbocycles. The lowest BCUT2D eigenvalue weighted by atomic mass is 9.69. The summed E-state index contributed by atoms with van der Waals surface area (Å²) in [6.07, 6.45) is 7.89. The lowest BCUT2D eigenvalue weighted by Crippen LogP contribution is -2.52. The molecule has 2 N–H and O–H groups in total. The normalized spacial score (nSPS) is 26.8. The van der Waals surface area contributed by atoms with E-state index in [0.717, 1.165) is 95.6 Å². The number of aryl methyl sites for hydroxylation is 1. The number of imide groups is 1. The zero-order valence-electron chi connectivity index (χ0n) is 34.2. The van der Waals surface area contributed by atoms with Gasteiger partial charge in [-0.2, -0.15) is 0 Å². The van der Waals surface area contributed by atoms with Crippen LogP contribution in [0.5, 0.6) is 11.5 Å². The molecule has 0 radical (unpaired) electrons. The maximum atomic E-state index is 13.4. The molecule has 2 spiro atoms. The van der Waals surface area contributed by atoms with E-state index in [9.17, 15) is 19.5 Å². The number of rotatable bonds is 6. The van der Waals surface area contributed by atoms with Crippen LogP contribution in [0.25, 0.3) is 0 Å². The Morgan fingerprint density at radius 3 is 2.38 bits per heavy atom. The van der Waals surface area contributed by atoms with E-state index in [-0.39, 0.29) is 41.1 Å². The van der Waals surface area contributed by atoms with Crippen molar-refractivity contribution in [3.63, 3.8) is 0 Å². The molecule has 6 aliphatic heterocycles. The van der Waals surface area contributed by atoms with Crippen molar-refractivity contribution in [2.75, 3.05) is 50.8 Å². The van der Waals surface area contributed by atoms with Crippen LogP contribution in [-0.4, -0.2) is 90.2 Å². The smallest absolute Gasteiger partial charge is 0.255 e. The third-order valence-electron chi connectivity index (χ3n) is 15.4. The van der Waals surface area contributed by atoms with Crippen LogP contribution >= 0.6 is 0 Å². The van der Waals surface area contributed by atoms with E-state index in [2.05, 4.69) is 81.8 Å². The third-order valence-corrected chi connectivity index (χ3v) is 15.4. The summed E-state index contributed by atoms with van der Waals surface area (Å²) in [5.74, 6) is 1.52. The molecule has 310 valence electrons. The maximum Gasteiger partial charge on any atom is 0.255 e. The first-order valence-electron chi connectivity index (χ1n) is 22.3. The minimum absolute atomic E-state index is 0.0316. The largest absolute Gasteiger partial charge is 0.508 e. The van der Waals surface area contributed by atoms with Crippen LogP contribution in [0.3, 0.4) is 0 Å². The van der Waals surface area contributed by atoms with Crippen LogP contribution < -0.4 is 15.0 Å². The Balaban J connectivity index is 0.696. The molecule has 1 unspecified atom stereocenters. The highest BCUT2D eigenvalue weighted by Crippen LogP contribution is 2.50. The van der Waals surface area contributed by atoms with Crippen molar-refractivity contribution in [3.05, 3.63) is 124 Å². The first kappa shape index (κ1) is 37.8. The molecule has 60 heavy (non-hydrogen) atoms. The number of nitrogens with one attached hydrogen (secondary N) is 1. The van der Waals surface area contributed by atoms with Gasteiger partial charge in [0.1, 0.15) is 17.5 Å². The number of fused-ring (bicyclic) bond motifs is 4. The summed E-state index contributed by atoms with van der Waals surface area (Å²) in [5, 5.41) is 12.7. The fourth-order valence-electron chi connectivity index (χ4n) is 12.1. The molecule has 0 bridgehead atoms. The monoisotopic (exact) mass is 806 g/mol. The molecule has 4 fully saturated rings. The highest BCUT2D eigenvalue weighted by Gasteiger charge is 2.48. The average molecular weight is 807 g/mol. The second-order valence-electron chi connectivity index (χ2n) is 18.8. The summed E-state index contributed by atoms with van der Waals surface area (Å²) in [6.45, 7) is 6.94. The molecule has 1 aliphatic carbocycles. The molecule has 4 atom stereocenters. The van der Waals surface area contributed by atoms with Crippen molar-refractivity contribution in [2.45, 2.75) is 93.2 Å². The van der Waals surface area contributed by atoms with Gasteiger partial charge in [-0.25, -0.2) is 0 Å². The Bertz CT molecular complexity index is 2330. The number of anilines is 1. The number of benzene rings is 4. The molecular formula is C50H54N4O6. The number of aromatic hydroxyl groups is 1. The zero-order chi connectivity index (χ0) is 40.6. The summed E-state index contributed by atoms with van der Waals surface area (Å²) in [4.78, 5) is 44.5. The van der Waals surface area contributed by atoms with Gasteiger partial charge in [0.25, 0.3) is 5.91 Å². The first-order valence-corrected chi connectivity index (χ1v) is 22.3. The Morgan fingerprint density at radius 2 is 1.60 bits per heavy atom. The van der Waals surface area contributed by atoms with Gasteiger partial charge in [-0.05, 0) is 141 Å². The van der Waals surface area contributed by atoms with E-state index in [1.165, 1.54) is 33.5 Å². The average Bonchev–Trinajstić information content (AvgIpc) is 3.93. The number of hydrogen-bond acceptors (Lipinski definition) is 8. The molecule has 6 heterocycles. The molecule has 0 saturated carbocycles. The highest BCUT2D eigenvalue weighted by molar-refractivity contribution is 6.05. The van der Waals surface area contributed by atoms with E-state index in [4.69, 9.17) is 9.47 Å². The SMILES string of the molecule is O=C1CC[C@H](N2Cc3cc4c(cc3C2=O)OCC42CCN(CC3COC4(CCN(c5ccc([C@@H]6c7ccc(O)cc7CC[C@@H]6c6ccccc6)cc5)CC4)C3)CC2)C(=O)N1. The van der Waals surface area contributed by atoms with Gasteiger partial charge in [0.05, 0.1) is 18.8 Å². The maximum absolute atomic E-state index is 13.4. The number of phenols is 1. The second-order valence-corrected chi connectivity index (χ2v) is 18.8. The topological polar surface area (TPSA) is 112 Å². The van der Waals surface area contributed by atoms with E-state index < -0.39 is 6.04 Å². The number of ether oxygens (including phenoxy) is 2. The predicted octanol–water partition coefficient (Wildman–Crippen LogP) is 6.82. The van der Waals surface area contributed by atoms with Crippen LogP contribution in [0.4, 0.5) is 5.69 Å².